The summed E-state index contributed by atoms with van der Waals surface area (Å²) in [7, 11) is 0. The van der Waals surface area contributed by atoms with Crippen molar-refractivity contribution in [2.75, 3.05) is 0 Å². The molecule has 0 bridgehead atoms. The molecule has 0 saturated heterocycles. The van der Waals surface area contributed by atoms with Crippen molar-refractivity contribution in [1.82, 2.24) is 0 Å². The maximum atomic E-state index is 5.81. The van der Waals surface area contributed by atoms with Crippen LogP contribution in [0.15, 0.2) is 54.8 Å². The summed E-state index contributed by atoms with van der Waals surface area (Å²) < 4.78 is 5.47. The van der Waals surface area contributed by atoms with Crippen LogP contribution in [0.25, 0.3) is 6.08 Å². The highest BCUT2D eigenvalue weighted by atomic mass is 35.5. The molecule has 2 aromatic rings. The third kappa shape index (κ3) is 3.94. The molecule has 0 radical (unpaired) electrons. The molecule has 0 aliphatic carbocycles. The first-order valence-corrected chi connectivity index (χ1v) is 6.21. The van der Waals surface area contributed by atoms with Crippen LogP contribution in [0.3, 0.4) is 0 Å². The molecular weight excluding hydrogens is 244 g/mol. The molecule has 18 heavy (non-hydrogen) atoms. The van der Waals surface area contributed by atoms with Gasteiger partial charge in [-0.05, 0) is 36.3 Å². The smallest absolute Gasteiger partial charge is 0.112 e. The van der Waals surface area contributed by atoms with Gasteiger partial charge in [0.2, 0.25) is 0 Å². The summed E-state index contributed by atoms with van der Waals surface area (Å²) in [5.74, 6) is 0. The first kappa shape index (κ1) is 12.7. The van der Waals surface area contributed by atoms with Gasteiger partial charge in [-0.15, -0.1) is 0 Å². The Hall–Kier alpha value is -1.73. The van der Waals surface area contributed by atoms with Gasteiger partial charge in [0.05, 0.1) is 6.26 Å². The molecule has 0 aromatic heterocycles. The van der Waals surface area contributed by atoms with Crippen LogP contribution >= 0.6 is 11.6 Å². The highest BCUT2D eigenvalue weighted by Gasteiger charge is 1.92. The van der Waals surface area contributed by atoms with E-state index in [1.54, 1.807) is 6.26 Å². The van der Waals surface area contributed by atoms with E-state index in [2.05, 4.69) is 31.2 Å². The molecule has 2 heteroatoms. The van der Waals surface area contributed by atoms with Crippen LogP contribution in [-0.4, -0.2) is 0 Å². The third-order valence-electron chi connectivity index (χ3n) is 2.60. The lowest BCUT2D eigenvalue weighted by molar-refractivity contribution is 0.239. The molecule has 0 spiro atoms. The molecule has 92 valence electrons. The monoisotopic (exact) mass is 258 g/mol. The predicted molar refractivity (Wildman–Crippen MR) is 76.5 cm³/mol. The molecule has 0 atom stereocenters. The minimum Gasteiger partial charge on any atom is -0.496 e. The number of hydrogen-bond acceptors (Lipinski definition) is 1. The number of benzene rings is 2. The molecule has 1 nitrogen and oxygen atoms in total. The van der Waals surface area contributed by atoms with E-state index in [0.29, 0.717) is 6.61 Å². The van der Waals surface area contributed by atoms with E-state index in [-0.39, 0.29) is 0 Å². The minimum atomic E-state index is 0.555. The molecular formula is C16H15ClO. The zero-order valence-electron chi connectivity index (χ0n) is 10.3. The van der Waals surface area contributed by atoms with Crippen LogP contribution in [0.4, 0.5) is 0 Å². The van der Waals surface area contributed by atoms with Crippen LogP contribution in [0, 0.1) is 6.92 Å². The summed E-state index contributed by atoms with van der Waals surface area (Å²) in [4.78, 5) is 0. The Morgan fingerprint density at radius 1 is 1.00 bits per heavy atom. The number of aryl methyl sites for hydroxylation is 1. The summed E-state index contributed by atoms with van der Waals surface area (Å²) in [6, 6.07) is 15.9. The molecule has 0 aliphatic heterocycles. The number of rotatable bonds is 4. The van der Waals surface area contributed by atoms with Gasteiger partial charge in [0.25, 0.3) is 0 Å². The number of halogens is 1. The number of ether oxygens (including phenoxy) is 1. The summed E-state index contributed by atoms with van der Waals surface area (Å²) in [6.07, 6.45) is 3.68. The average molecular weight is 259 g/mol. The Kier molecular flexibility index (Phi) is 4.43. The van der Waals surface area contributed by atoms with Crippen molar-refractivity contribution in [3.05, 3.63) is 76.5 Å². The van der Waals surface area contributed by atoms with Gasteiger partial charge in [0.15, 0.2) is 0 Å². The van der Waals surface area contributed by atoms with E-state index in [0.717, 1.165) is 16.1 Å². The maximum Gasteiger partial charge on any atom is 0.112 e. The van der Waals surface area contributed by atoms with Crippen molar-refractivity contribution in [2.24, 2.45) is 0 Å². The first-order chi connectivity index (χ1) is 8.74. The van der Waals surface area contributed by atoms with Crippen molar-refractivity contribution in [3.8, 4) is 0 Å². The lowest BCUT2D eigenvalue weighted by atomic mass is 10.1. The van der Waals surface area contributed by atoms with E-state index in [1.165, 1.54) is 5.56 Å². The van der Waals surface area contributed by atoms with Crippen LogP contribution in [0.5, 0.6) is 0 Å². The Morgan fingerprint density at radius 3 is 2.33 bits per heavy atom. The average Bonchev–Trinajstić information content (AvgIpc) is 2.39. The summed E-state index contributed by atoms with van der Waals surface area (Å²) in [5, 5.41) is 0.744. The second-order valence-corrected chi connectivity index (χ2v) is 4.59. The third-order valence-corrected chi connectivity index (χ3v) is 2.85. The molecule has 0 unspecified atom stereocenters. The molecule has 0 aliphatic rings. The van der Waals surface area contributed by atoms with Crippen molar-refractivity contribution >= 4 is 17.7 Å². The quantitative estimate of drug-likeness (QED) is 0.714. The topological polar surface area (TPSA) is 9.23 Å². The SMILES string of the molecule is Cc1ccc(C=COCc2ccc(Cl)cc2)cc1. The van der Waals surface area contributed by atoms with Crippen molar-refractivity contribution < 1.29 is 4.74 Å². The van der Waals surface area contributed by atoms with Gasteiger partial charge in [-0.3, -0.25) is 0 Å². The Balaban J connectivity index is 1.84. The van der Waals surface area contributed by atoms with Crippen LogP contribution in [0.2, 0.25) is 5.02 Å². The Labute approximate surface area is 113 Å². The van der Waals surface area contributed by atoms with Gasteiger partial charge >= 0.3 is 0 Å². The highest BCUT2D eigenvalue weighted by molar-refractivity contribution is 6.30. The summed E-state index contributed by atoms with van der Waals surface area (Å²) in [5.41, 5.74) is 3.50. The lowest BCUT2D eigenvalue weighted by Gasteiger charge is -2.01. The van der Waals surface area contributed by atoms with Crippen molar-refractivity contribution in [2.45, 2.75) is 13.5 Å². The second-order valence-electron chi connectivity index (χ2n) is 4.15. The van der Waals surface area contributed by atoms with Gasteiger partial charge < -0.3 is 4.74 Å². The van der Waals surface area contributed by atoms with Gasteiger partial charge in [-0.1, -0.05) is 53.6 Å². The minimum absolute atomic E-state index is 0.555. The summed E-state index contributed by atoms with van der Waals surface area (Å²) in [6.45, 7) is 2.63. The van der Waals surface area contributed by atoms with E-state index < -0.39 is 0 Å². The number of hydrogen-bond donors (Lipinski definition) is 0. The zero-order valence-corrected chi connectivity index (χ0v) is 11.0. The largest absolute Gasteiger partial charge is 0.496 e. The standard InChI is InChI=1S/C16H15ClO/c1-13-2-4-14(5-3-13)10-11-18-12-15-6-8-16(17)9-7-15/h2-11H,12H2,1H3. The van der Waals surface area contributed by atoms with Crippen LogP contribution in [-0.2, 0) is 11.3 Å². The fourth-order valence-corrected chi connectivity index (χ4v) is 1.66. The molecule has 2 rings (SSSR count). The normalized spacial score (nSPS) is 10.8. The molecule has 0 heterocycles. The Bertz CT molecular complexity index is 512. The van der Waals surface area contributed by atoms with Gasteiger partial charge in [-0.25, -0.2) is 0 Å². The highest BCUT2D eigenvalue weighted by Crippen LogP contribution is 2.11. The van der Waals surface area contributed by atoms with Crippen LogP contribution < -0.4 is 0 Å². The van der Waals surface area contributed by atoms with Gasteiger partial charge in [0.1, 0.15) is 6.61 Å². The van der Waals surface area contributed by atoms with E-state index in [4.69, 9.17) is 16.3 Å². The van der Waals surface area contributed by atoms with Crippen molar-refractivity contribution in [1.29, 1.82) is 0 Å². The zero-order chi connectivity index (χ0) is 12.8. The van der Waals surface area contributed by atoms with E-state index >= 15 is 0 Å². The Morgan fingerprint density at radius 2 is 1.67 bits per heavy atom. The van der Waals surface area contributed by atoms with E-state index in [1.807, 2.05) is 30.3 Å². The maximum absolute atomic E-state index is 5.81. The van der Waals surface area contributed by atoms with E-state index in [9.17, 15) is 0 Å². The summed E-state index contributed by atoms with van der Waals surface area (Å²) >= 11 is 5.81. The second kappa shape index (κ2) is 6.27. The lowest BCUT2D eigenvalue weighted by Crippen LogP contribution is -1.85. The molecule has 0 N–H and O–H groups in total. The molecule has 0 fully saturated rings. The fourth-order valence-electron chi connectivity index (χ4n) is 1.53. The van der Waals surface area contributed by atoms with Gasteiger partial charge in [0, 0.05) is 5.02 Å². The predicted octanol–water partition coefficient (Wildman–Crippen LogP) is 4.84. The molecule has 0 amide bonds. The van der Waals surface area contributed by atoms with Gasteiger partial charge in [-0.2, -0.15) is 0 Å². The first-order valence-electron chi connectivity index (χ1n) is 5.83. The fraction of sp³-hybridized carbons (Fsp3) is 0.125. The van der Waals surface area contributed by atoms with Crippen LogP contribution in [0.1, 0.15) is 16.7 Å². The van der Waals surface area contributed by atoms with Crippen molar-refractivity contribution in [3.63, 3.8) is 0 Å². The molecule has 0 saturated carbocycles. The molecule has 2 aromatic carbocycles.